The van der Waals surface area contributed by atoms with Crippen molar-refractivity contribution in [3.63, 3.8) is 0 Å². The molecule has 1 saturated carbocycles. The molecule has 124 valence electrons. The molecule has 0 bridgehead atoms. The summed E-state index contributed by atoms with van der Waals surface area (Å²) in [6.45, 7) is -0.615. The highest BCUT2D eigenvalue weighted by atomic mass is 16.6. The Balaban J connectivity index is 2.19. The van der Waals surface area contributed by atoms with Crippen LogP contribution in [0.15, 0.2) is 11.5 Å². The summed E-state index contributed by atoms with van der Waals surface area (Å²) >= 11 is 0. The predicted molar refractivity (Wildman–Crippen MR) is 73.3 cm³/mol. The molecule has 1 aliphatic heterocycles. The molecule has 1 heterocycles. The Bertz CT molecular complexity index is 482. The number of aliphatic hydroxyl groups excluding tert-OH is 3. The second kappa shape index (κ2) is 6.64. The van der Waals surface area contributed by atoms with Gasteiger partial charge in [0.1, 0.15) is 6.10 Å². The van der Waals surface area contributed by atoms with Gasteiger partial charge < -0.3 is 30.5 Å². The molecule has 0 unspecified atom stereocenters. The number of esters is 2. The number of cyclic esters (lactones) is 1. The minimum atomic E-state index is -1.49. The zero-order valence-corrected chi connectivity index (χ0v) is 12.2. The van der Waals surface area contributed by atoms with Gasteiger partial charge in [-0.1, -0.05) is 19.3 Å². The van der Waals surface area contributed by atoms with E-state index in [2.05, 4.69) is 0 Å². The van der Waals surface area contributed by atoms with E-state index in [1.54, 1.807) is 0 Å². The molecule has 0 aromatic rings. The number of aliphatic hydroxyl groups is 3. The lowest BCUT2D eigenvalue weighted by Gasteiger charge is -2.34. The lowest BCUT2D eigenvalue weighted by atomic mass is 9.74. The van der Waals surface area contributed by atoms with E-state index in [9.17, 15) is 19.8 Å². The van der Waals surface area contributed by atoms with Crippen LogP contribution in [0.3, 0.4) is 0 Å². The molecular formula is C14H21NO7. The van der Waals surface area contributed by atoms with Crippen LogP contribution >= 0.6 is 0 Å². The average molecular weight is 315 g/mol. The van der Waals surface area contributed by atoms with Crippen LogP contribution in [0.5, 0.6) is 0 Å². The highest BCUT2D eigenvalue weighted by Gasteiger charge is 2.46. The number of rotatable bonds is 5. The summed E-state index contributed by atoms with van der Waals surface area (Å²) < 4.78 is 9.87. The molecule has 22 heavy (non-hydrogen) atoms. The number of carbonyl (C=O) groups excluding carboxylic acids is 2. The Hall–Kier alpha value is -1.64. The van der Waals surface area contributed by atoms with Crippen LogP contribution in [0.2, 0.25) is 0 Å². The van der Waals surface area contributed by atoms with Gasteiger partial charge in [0.25, 0.3) is 0 Å². The first kappa shape index (κ1) is 16.7. The highest BCUT2D eigenvalue weighted by molar-refractivity contribution is 5.90. The number of nitrogens with two attached hydrogens (primary N) is 1. The SMILES string of the molecule is NCC1(C(=O)OC2=C(O)C(=O)O[C@@H]2[C@@H](O)CO)CCCCC1. The third kappa shape index (κ3) is 2.94. The molecule has 0 radical (unpaired) electrons. The molecular weight excluding hydrogens is 294 g/mol. The fraction of sp³-hybridized carbons (Fsp3) is 0.714. The molecule has 1 aliphatic carbocycles. The Morgan fingerprint density at radius 2 is 2.05 bits per heavy atom. The number of carbonyl (C=O) groups is 2. The van der Waals surface area contributed by atoms with Crippen LogP contribution in [0.4, 0.5) is 0 Å². The van der Waals surface area contributed by atoms with E-state index in [1.807, 2.05) is 0 Å². The summed E-state index contributed by atoms with van der Waals surface area (Å²) in [5.74, 6) is -3.08. The maximum Gasteiger partial charge on any atom is 0.378 e. The summed E-state index contributed by atoms with van der Waals surface area (Å²) in [5, 5.41) is 28.3. The lowest BCUT2D eigenvalue weighted by Crippen LogP contribution is -2.43. The number of hydrogen-bond donors (Lipinski definition) is 4. The first-order chi connectivity index (χ1) is 10.4. The van der Waals surface area contributed by atoms with Gasteiger partial charge in [-0.2, -0.15) is 0 Å². The molecule has 8 heteroatoms. The van der Waals surface area contributed by atoms with Crippen LogP contribution in [-0.2, 0) is 19.1 Å². The van der Waals surface area contributed by atoms with Crippen LogP contribution in [0.1, 0.15) is 32.1 Å². The van der Waals surface area contributed by atoms with Crippen molar-refractivity contribution < 1.29 is 34.4 Å². The van der Waals surface area contributed by atoms with Gasteiger partial charge in [-0.25, -0.2) is 4.79 Å². The van der Waals surface area contributed by atoms with Gasteiger partial charge in [0.15, 0.2) is 6.10 Å². The summed E-state index contributed by atoms with van der Waals surface area (Å²) in [7, 11) is 0. The Morgan fingerprint density at radius 3 is 2.59 bits per heavy atom. The molecule has 2 rings (SSSR count). The van der Waals surface area contributed by atoms with Gasteiger partial charge in [0, 0.05) is 6.54 Å². The zero-order chi connectivity index (χ0) is 16.3. The normalized spacial score (nSPS) is 25.8. The van der Waals surface area contributed by atoms with Crippen molar-refractivity contribution in [1.29, 1.82) is 0 Å². The van der Waals surface area contributed by atoms with Gasteiger partial charge in [-0.3, -0.25) is 4.79 Å². The number of hydrogen-bond acceptors (Lipinski definition) is 8. The Labute approximate surface area is 127 Å². The summed E-state index contributed by atoms with van der Waals surface area (Å²) in [6.07, 6.45) is 0.939. The first-order valence-electron chi connectivity index (χ1n) is 7.30. The van der Waals surface area contributed by atoms with E-state index < -0.39 is 47.7 Å². The fourth-order valence-corrected chi connectivity index (χ4v) is 2.84. The highest BCUT2D eigenvalue weighted by Crippen LogP contribution is 2.38. The molecule has 2 atom stereocenters. The van der Waals surface area contributed by atoms with Crippen molar-refractivity contribution in [2.45, 2.75) is 44.3 Å². The van der Waals surface area contributed by atoms with E-state index in [4.69, 9.17) is 20.3 Å². The van der Waals surface area contributed by atoms with E-state index in [-0.39, 0.29) is 6.54 Å². The van der Waals surface area contributed by atoms with E-state index in [0.29, 0.717) is 12.8 Å². The fourth-order valence-electron chi connectivity index (χ4n) is 2.84. The van der Waals surface area contributed by atoms with Crippen LogP contribution < -0.4 is 5.73 Å². The molecule has 0 saturated heterocycles. The van der Waals surface area contributed by atoms with Crippen molar-refractivity contribution in [3.8, 4) is 0 Å². The van der Waals surface area contributed by atoms with Crippen molar-refractivity contribution in [3.05, 3.63) is 11.5 Å². The van der Waals surface area contributed by atoms with Crippen molar-refractivity contribution >= 4 is 11.9 Å². The number of ether oxygens (including phenoxy) is 2. The third-order valence-corrected chi connectivity index (χ3v) is 4.29. The minimum absolute atomic E-state index is 0.0991. The quantitative estimate of drug-likeness (QED) is 0.497. The van der Waals surface area contributed by atoms with E-state index in [1.165, 1.54) is 0 Å². The largest absolute Gasteiger partial charge is 0.499 e. The van der Waals surface area contributed by atoms with Crippen LogP contribution in [0, 0.1) is 5.41 Å². The maximum absolute atomic E-state index is 12.5. The molecule has 1 fully saturated rings. The Kier molecular flexibility index (Phi) is 5.05. The van der Waals surface area contributed by atoms with E-state index >= 15 is 0 Å². The van der Waals surface area contributed by atoms with Gasteiger partial charge in [0.2, 0.25) is 11.5 Å². The molecule has 2 aliphatic rings. The van der Waals surface area contributed by atoms with Crippen molar-refractivity contribution in [2.75, 3.05) is 13.2 Å². The summed E-state index contributed by atoms with van der Waals surface area (Å²) in [5.41, 5.74) is 4.87. The first-order valence-corrected chi connectivity index (χ1v) is 7.30. The zero-order valence-electron chi connectivity index (χ0n) is 12.2. The van der Waals surface area contributed by atoms with Crippen LogP contribution in [0.25, 0.3) is 0 Å². The van der Waals surface area contributed by atoms with Gasteiger partial charge in [0.05, 0.1) is 12.0 Å². The average Bonchev–Trinajstić information content (AvgIpc) is 2.83. The topological polar surface area (TPSA) is 139 Å². The van der Waals surface area contributed by atoms with Crippen LogP contribution in [-0.4, -0.2) is 52.6 Å². The maximum atomic E-state index is 12.5. The van der Waals surface area contributed by atoms with E-state index in [0.717, 1.165) is 19.3 Å². The lowest BCUT2D eigenvalue weighted by molar-refractivity contribution is -0.158. The second-order valence-electron chi connectivity index (χ2n) is 5.72. The van der Waals surface area contributed by atoms with Crippen molar-refractivity contribution in [1.82, 2.24) is 0 Å². The monoisotopic (exact) mass is 315 g/mol. The smallest absolute Gasteiger partial charge is 0.378 e. The molecule has 0 aromatic carbocycles. The third-order valence-electron chi connectivity index (χ3n) is 4.29. The standard InChI is InChI=1S/C14H21NO7/c15-7-14(4-2-1-3-5-14)13(20)22-11-9(18)12(19)21-10(11)8(17)6-16/h8,10,16-18H,1-7,15H2/t8-,10+/m0/s1. The molecule has 0 spiro atoms. The van der Waals surface area contributed by atoms with Gasteiger partial charge in [-0.15, -0.1) is 0 Å². The minimum Gasteiger partial charge on any atom is -0.499 e. The van der Waals surface area contributed by atoms with Crippen molar-refractivity contribution in [2.24, 2.45) is 11.1 Å². The predicted octanol–water partition coefficient (Wildman–Crippen LogP) is -0.513. The van der Waals surface area contributed by atoms with Gasteiger partial charge >= 0.3 is 11.9 Å². The van der Waals surface area contributed by atoms with Gasteiger partial charge in [-0.05, 0) is 12.8 Å². The summed E-state index contributed by atoms with van der Waals surface area (Å²) in [6, 6.07) is 0. The molecule has 8 nitrogen and oxygen atoms in total. The summed E-state index contributed by atoms with van der Waals surface area (Å²) in [4.78, 5) is 23.8. The molecule has 5 N–H and O–H groups in total. The Morgan fingerprint density at radius 1 is 1.41 bits per heavy atom. The molecule has 0 aromatic heterocycles. The molecule has 0 amide bonds. The second-order valence-corrected chi connectivity index (χ2v) is 5.72.